The van der Waals surface area contributed by atoms with Crippen molar-refractivity contribution in [3.8, 4) is 0 Å². The first-order chi connectivity index (χ1) is 22.8. The van der Waals surface area contributed by atoms with Crippen molar-refractivity contribution < 1.29 is 37.5 Å². The first-order valence-corrected chi connectivity index (χ1v) is 19.6. The van der Waals surface area contributed by atoms with Crippen LogP contribution in [0.4, 0.5) is 4.79 Å². The Morgan fingerprint density at radius 2 is 1.61 bits per heavy atom. The molecule has 2 saturated carbocycles. The van der Waals surface area contributed by atoms with E-state index in [0.717, 1.165) is 32.1 Å². The van der Waals surface area contributed by atoms with Gasteiger partial charge in [0.2, 0.25) is 17.6 Å². The molecule has 49 heavy (non-hydrogen) atoms. The molecule has 2 aliphatic carbocycles. The van der Waals surface area contributed by atoms with Gasteiger partial charge in [-0.2, -0.15) is 0 Å². The molecular weight excluding hydrogens is 650 g/mol. The molecule has 1 heterocycles. The van der Waals surface area contributed by atoms with E-state index < -0.39 is 79.8 Å². The van der Waals surface area contributed by atoms with Crippen LogP contribution >= 0.6 is 0 Å². The third-order valence-electron chi connectivity index (χ3n) is 10.5. The fourth-order valence-electron chi connectivity index (χ4n) is 7.42. The predicted octanol–water partition coefficient (Wildman–Crippen LogP) is 2.76. The highest BCUT2D eigenvalue weighted by molar-refractivity contribution is 7.94. The number of aliphatic hydroxyl groups is 1. The number of nitrogens with zero attached hydrogens (tertiary/aromatic N) is 1. The molecule has 13 nitrogen and oxygen atoms in total. The third kappa shape index (κ3) is 9.74. The van der Waals surface area contributed by atoms with E-state index in [-0.39, 0.29) is 18.4 Å². The van der Waals surface area contributed by atoms with Crippen molar-refractivity contribution in [3.05, 3.63) is 5.75 Å². The lowest BCUT2D eigenvalue weighted by molar-refractivity contribution is -0.144. The van der Waals surface area contributed by atoms with Crippen LogP contribution in [0.25, 0.3) is 0 Å². The molecule has 1 saturated heterocycles. The second-order valence-corrected chi connectivity index (χ2v) is 18.3. The minimum Gasteiger partial charge on any atom is -0.395 e. The molecule has 0 unspecified atom stereocenters. The van der Waals surface area contributed by atoms with Crippen molar-refractivity contribution in [2.24, 2.45) is 17.3 Å². The molecule has 0 aromatic heterocycles. The first kappa shape index (κ1) is 40.7. The molecule has 3 aliphatic rings. The Morgan fingerprint density at radius 3 is 2.18 bits per heavy atom. The highest BCUT2D eigenvalue weighted by atomic mass is 32.2. The van der Waals surface area contributed by atoms with Crippen LogP contribution in [0, 0.1) is 23.0 Å². The summed E-state index contributed by atoms with van der Waals surface area (Å²) < 4.78 is 25.2. The number of hydrogen-bond acceptors (Lipinski definition) is 8. The minimum atomic E-state index is -3.94. The van der Waals surface area contributed by atoms with Crippen LogP contribution in [0.3, 0.4) is 0 Å². The van der Waals surface area contributed by atoms with Gasteiger partial charge in [0.25, 0.3) is 5.91 Å². The van der Waals surface area contributed by atoms with Crippen LogP contribution in [0.1, 0.15) is 119 Å². The predicted molar refractivity (Wildman–Crippen MR) is 187 cm³/mol. The Hall–Kier alpha value is -2.74. The number of nitrogens with one attached hydrogen (secondary N) is 4. The maximum atomic E-state index is 14.5. The Kier molecular flexibility index (Phi) is 13.7. The van der Waals surface area contributed by atoms with Crippen molar-refractivity contribution in [1.29, 1.82) is 0 Å². The van der Waals surface area contributed by atoms with Crippen molar-refractivity contribution in [2.75, 3.05) is 19.7 Å². The van der Waals surface area contributed by atoms with Gasteiger partial charge in [0, 0.05) is 13.1 Å². The zero-order chi connectivity index (χ0) is 36.8. The summed E-state index contributed by atoms with van der Waals surface area (Å²) in [6.45, 7) is 12.0. The molecule has 0 aromatic carbocycles. The molecule has 0 spiro atoms. The fourth-order valence-corrected chi connectivity index (χ4v) is 8.81. The number of likely N-dealkylation sites (N-methyl/N-ethyl adjacent to an activating group) is 1. The van der Waals surface area contributed by atoms with Gasteiger partial charge in [-0.3, -0.25) is 19.2 Å². The van der Waals surface area contributed by atoms with E-state index in [9.17, 15) is 37.5 Å². The Labute approximate surface area is 292 Å². The number of fused-ring (bicyclic) bond motifs is 1. The summed E-state index contributed by atoms with van der Waals surface area (Å²) in [5, 5.41) is 20.8. The van der Waals surface area contributed by atoms with Gasteiger partial charge in [0.05, 0.1) is 22.9 Å². The molecule has 14 heteroatoms. The van der Waals surface area contributed by atoms with E-state index in [1.165, 1.54) is 24.5 Å². The summed E-state index contributed by atoms with van der Waals surface area (Å²) in [6.07, 6.45) is 7.24. The molecule has 0 aromatic rings. The molecule has 279 valence electrons. The fraction of sp³-hybridized carbons (Fsp3) is 0.829. The number of hydrogen-bond donors (Lipinski definition) is 5. The van der Waals surface area contributed by atoms with E-state index in [4.69, 9.17) is 0 Å². The van der Waals surface area contributed by atoms with Gasteiger partial charge in [-0.15, -0.1) is 0 Å². The summed E-state index contributed by atoms with van der Waals surface area (Å²) >= 11 is 0. The number of carbonyl (C=O) groups excluding carboxylic acids is 5. The smallest absolute Gasteiger partial charge is 0.315 e. The molecule has 1 radical (unpaired) electrons. The number of aliphatic hydroxyl groups excluding tert-OH is 1. The van der Waals surface area contributed by atoms with Gasteiger partial charge in [0.15, 0.2) is 9.84 Å². The lowest BCUT2D eigenvalue weighted by Gasteiger charge is -2.41. The number of urea groups is 1. The second-order valence-electron chi connectivity index (χ2n) is 15.9. The Balaban J connectivity index is 1.87. The summed E-state index contributed by atoms with van der Waals surface area (Å²) in [7, 11) is -3.94. The SMILES string of the molecule is CCCC[C@H](NC(=O)[C@@H]1[C@H]2CCC[C@H]2CN1C(=O)[C@@H](NC(=O)NC1([CH]S(=O)(=O)C(C)(C)CO)CCCCC1)C(C)(C)C)C(=O)C(=O)NCC. The summed E-state index contributed by atoms with van der Waals surface area (Å²) in [4.78, 5) is 69.2. The van der Waals surface area contributed by atoms with Gasteiger partial charge < -0.3 is 31.3 Å². The van der Waals surface area contributed by atoms with Gasteiger partial charge in [0.1, 0.15) is 17.8 Å². The molecule has 5 amide bonds. The second kappa shape index (κ2) is 16.5. The monoisotopic (exact) mass is 710 g/mol. The van der Waals surface area contributed by atoms with Crippen molar-refractivity contribution in [2.45, 2.75) is 148 Å². The van der Waals surface area contributed by atoms with Crippen LogP contribution in [0.5, 0.6) is 0 Å². The number of ketones is 1. The average Bonchev–Trinajstić information content (AvgIpc) is 3.62. The van der Waals surface area contributed by atoms with Crippen molar-refractivity contribution in [3.63, 3.8) is 0 Å². The van der Waals surface area contributed by atoms with Crippen LogP contribution in [0.2, 0.25) is 0 Å². The van der Waals surface area contributed by atoms with Gasteiger partial charge in [-0.1, -0.05) is 66.2 Å². The van der Waals surface area contributed by atoms with Crippen LogP contribution in [0.15, 0.2) is 0 Å². The Bertz CT molecular complexity index is 1320. The first-order valence-electron chi connectivity index (χ1n) is 18.1. The number of rotatable bonds is 15. The topological polar surface area (TPSA) is 191 Å². The van der Waals surface area contributed by atoms with Crippen LogP contribution in [-0.4, -0.2) is 96.1 Å². The molecule has 0 bridgehead atoms. The summed E-state index contributed by atoms with van der Waals surface area (Å²) in [5.74, 6) is -1.26. The highest BCUT2D eigenvalue weighted by Crippen LogP contribution is 2.43. The number of likely N-dealkylation sites (tertiary alicyclic amines) is 1. The highest BCUT2D eigenvalue weighted by Gasteiger charge is 2.52. The minimum absolute atomic E-state index is 0.0857. The third-order valence-corrected chi connectivity index (χ3v) is 12.9. The van der Waals surface area contributed by atoms with Crippen molar-refractivity contribution in [1.82, 2.24) is 26.2 Å². The quantitative estimate of drug-likeness (QED) is 0.160. The van der Waals surface area contributed by atoms with Gasteiger partial charge in [-0.05, 0) is 70.1 Å². The van der Waals surface area contributed by atoms with E-state index >= 15 is 0 Å². The lowest BCUT2D eigenvalue weighted by atomic mass is 9.83. The van der Waals surface area contributed by atoms with E-state index in [2.05, 4.69) is 21.3 Å². The maximum Gasteiger partial charge on any atom is 0.315 e. The van der Waals surface area contributed by atoms with Gasteiger partial charge in [-0.25, -0.2) is 13.2 Å². The van der Waals surface area contributed by atoms with E-state index in [0.29, 0.717) is 45.1 Å². The standard InChI is InChI=1S/C35H60N5O8S/c1-8-10-17-25(27(42)30(44)36-9-2)37-29(43)26-24-16-14-15-23(24)20-40(26)31(45)28(33(3,4)5)38-32(46)39-35(18-12-11-13-19-35)22-49(47,48)34(6,7)21-41/h22-26,28,41H,8-21H2,1-7H3,(H,36,44)(H,37,43)(H2,38,39,46)/t23-,24-,25-,26-,28+/m0/s1. The van der Waals surface area contributed by atoms with E-state index in [1.54, 1.807) is 6.92 Å². The zero-order valence-electron chi connectivity index (χ0n) is 30.5. The van der Waals surface area contributed by atoms with Crippen LogP contribution in [-0.2, 0) is 29.0 Å². The molecule has 5 N–H and O–H groups in total. The molecule has 5 atom stereocenters. The molecular formula is C35H60N5O8S. The molecule has 3 fully saturated rings. The number of carbonyl (C=O) groups is 5. The van der Waals surface area contributed by atoms with Crippen LogP contribution < -0.4 is 21.3 Å². The number of Topliss-reactive ketones (excluding diaryl/α,β-unsaturated/α-hetero) is 1. The summed E-state index contributed by atoms with van der Waals surface area (Å²) in [5.41, 5.74) is -1.98. The summed E-state index contributed by atoms with van der Waals surface area (Å²) in [6, 6.07) is -3.66. The number of unbranched alkanes of at least 4 members (excludes halogenated alkanes) is 1. The molecule has 1 aliphatic heterocycles. The van der Waals surface area contributed by atoms with Gasteiger partial charge >= 0.3 is 6.03 Å². The Morgan fingerprint density at radius 1 is 0.959 bits per heavy atom. The molecule has 3 rings (SSSR count). The average molecular weight is 711 g/mol. The largest absolute Gasteiger partial charge is 0.395 e. The zero-order valence-corrected chi connectivity index (χ0v) is 31.3. The number of amides is 5. The van der Waals surface area contributed by atoms with Crippen molar-refractivity contribution >= 4 is 39.4 Å². The normalized spacial score (nSPS) is 23.6. The van der Waals surface area contributed by atoms with E-state index in [1.807, 2.05) is 27.7 Å². The lowest BCUT2D eigenvalue weighted by Crippen LogP contribution is -2.63. The number of sulfone groups is 1. The maximum absolute atomic E-state index is 14.5.